The summed E-state index contributed by atoms with van der Waals surface area (Å²) in [6.45, 7) is 9.55. The van der Waals surface area contributed by atoms with Crippen LogP contribution in [0.5, 0.6) is 0 Å². The Bertz CT molecular complexity index is 721. The molecule has 0 unspecified atom stereocenters. The van der Waals surface area contributed by atoms with Gasteiger partial charge in [0.05, 0.1) is 17.0 Å². The summed E-state index contributed by atoms with van der Waals surface area (Å²) in [6, 6.07) is 6.49. The molecule has 1 saturated heterocycles. The number of rotatable bonds is 4. The van der Waals surface area contributed by atoms with Crippen molar-refractivity contribution in [3.8, 4) is 0 Å². The fraction of sp³-hybridized carbons (Fsp3) is 0.611. The summed E-state index contributed by atoms with van der Waals surface area (Å²) in [5.41, 5.74) is -0.340. The SMILES string of the molecule is Cc1ccc(S(=O)(=O)OC[C@@]2(C)CCCN2C(=O)OC(C)(C)C)cc1. The van der Waals surface area contributed by atoms with Crippen LogP contribution in [0.3, 0.4) is 0 Å². The monoisotopic (exact) mass is 369 g/mol. The van der Waals surface area contributed by atoms with Gasteiger partial charge in [-0.2, -0.15) is 8.42 Å². The van der Waals surface area contributed by atoms with Gasteiger partial charge in [0, 0.05) is 6.54 Å². The molecule has 1 amide bonds. The molecule has 0 radical (unpaired) electrons. The first-order chi connectivity index (χ1) is 11.4. The molecule has 0 spiro atoms. The van der Waals surface area contributed by atoms with Gasteiger partial charge in [0.2, 0.25) is 0 Å². The van der Waals surface area contributed by atoms with Gasteiger partial charge >= 0.3 is 6.09 Å². The fourth-order valence-corrected chi connectivity index (χ4v) is 3.79. The summed E-state index contributed by atoms with van der Waals surface area (Å²) in [5.74, 6) is 0. The number of carbonyl (C=O) groups excluding carboxylic acids is 1. The Kier molecular flexibility index (Phi) is 5.49. The highest BCUT2D eigenvalue weighted by Crippen LogP contribution is 2.32. The van der Waals surface area contributed by atoms with Crippen molar-refractivity contribution in [3.63, 3.8) is 0 Å². The van der Waals surface area contributed by atoms with E-state index in [-0.39, 0.29) is 11.5 Å². The molecule has 0 bridgehead atoms. The van der Waals surface area contributed by atoms with Crippen molar-refractivity contribution < 1.29 is 22.1 Å². The second-order valence-corrected chi connectivity index (χ2v) is 9.38. The van der Waals surface area contributed by atoms with E-state index in [2.05, 4.69) is 0 Å². The van der Waals surface area contributed by atoms with Crippen molar-refractivity contribution in [1.29, 1.82) is 0 Å². The zero-order valence-corrected chi connectivity index (χ0v) is 16.4. The molecule has 1 heterocycles. The van der Waals surface area contributed by atoms with Gasteiger partial charge < -0.3 is 9.64 Å². The number of aryl methyl sites for hydroxylation is 1. The number of benzene rings is 1. The Hall–Kier alpha value is -1.60. The first-order valence-corrected chi connectivity index (χ1v) is 9.81. The lowest BCUT2D eigenvalue weighted by Gasteiger charge is -2.35. The molecule has 6 nitrogen and oxygen atoms in total. The average molecular weight is 369 g/mol. The maximum atomic E-state index is 12.4. The standard InChI is InChI=1S/C18H27NO5S/c1-14-7-9-15(10-8-14)25(21,22)23-13-18(5)11-6-12-19(18)16(20)24-17(2,3)4/h7-10H,6,11-13H2,1-5H3/t18-/m1/s1. The average Bonchev–Trinajstić information content (AvgIpc) is 2.87. The first-order valence-electron chi connectivity index (χ1n) is 8.40. The summed E-state index contributed by atoms with van der Waals surface area (Å²) < 4.78 is 35.5. The van der Waals surface area contributed by atoms with Crippen LogP contribution in [0.4, 0.5) is 4.79 Å². The third-order valence-corrected chi connectivity index (χ3v) is 5.47. The van der Waals surface area contributed by atoms with Gasteiger partial charge in [-0.05, 0) is 59.6 Å². The summed E-state index contributed by atoms with van der Waals surface area (Å²) in [5, 5.41) is 0. The topological polar surface area (TPSA) is 72.9 Å². The maximum Gasteiger partial charge on any atom is 0.410 e. The second kappa shape index (κ2) is 6.96. The van der Waals surface area contributed by atoms with E-state index < -0.39 is 27.4 Å². The minimum absolute atomic E-state index is 0.0948. The number of ether oxygens (including phenoxy) is 1. The van der Waals surface area contributed by atoms with Crippen LogP contribution in [-0.4, -0.2) is 43.7 Å². The van der Waals surface area contributed by atoms with Gasteiger partial charge in [-0.15, -0.1) is 0 Å². The molecule has 1 aliphatic rings. The zero-order valence-electron chi connectivity index (χ0n) is 15.5. The Morgan fingerprint density at radius 1 is 1.24 bits per heavy atom. The highest BCUT2D eigenvalue weighted by Gasteiger charge is 2.43. The van der Waals surface area contributed by atoms with E-state index in [0.29, 0.717) is 13.0 Å². The van der Waals surface area contributed by atoms with Gasteiger partial charge in [-0.3, -0.25) is 4.18 Å². The first kappa shape index (κ1) is 19.7. The highest BCUT2D eigenvalue weighted by atomic mass is 32.2. The molecular weight excluding hydrogens is 342 g/mol. The van der Waals surface area contributed by atoms with Crippen molar-refractivity contribution in [2.75, 3.05) is 13.2 Å². The van der Waals surface area contributed by atoms with E-state index in [1.54, 1.807) is 37.8 Å². The molecule has 2 rings (SSSR count). The molecule has 1 aliphatic heterocycles. The third-order valence-electron chi connectivity index (χ3n) is 4.20. The lowest BCUT2D eigenvalue weighted by molar-refractivity contribution is 0.00278. The number of likely N-dealkylation sites (tertiary alicyclic amines) is 1. The van der Waals surface area contributed by atoms with Gasteiger partial charge in [0.1, 0.15) is 5.60 Å². The number of hydrogen-bond donors (Lipinski definition) is 0. The van der Waals surface area contributed by atoms with Crippen LogP contribution >= 0.6 is 0 Å². The molecule has 0 N–H and O–H groups in total. The quantitative estimate of drug-likeness (QED) is 0.760. The van der Waals surface area contributed by atoms with Gasteiger partial charge in [0.15, 0.2) is 0 Å². The lowest BCUT2D eigenvalue weighted by atomic mass is 10.0. The summed E-state index contributed by atoms with van der Waals surface area (Å²) in [4.78, 5) is 14.1. The molecule has 0 aliphatic carbocycles. The summed E-state index contributed by atoms with van der Waals surface area (Å²) in [7, 11) is -3.87. The Morgan fingerprint density at radius 2 is 1.84 bits per heavy atom. The smallest absolute Gasteiger partial charge is 0.410 e. The molecule has 1 atom stereocenters. The van der Waals surface area contributed by atoms with E-state index in [1.807, 2.05) is 13.8 Å². The minimum Gasteiger partial charge on any atom is -0.444 e. The van der Waals surface area contributed by atoms with Crippen LogP contribution in [-0.2, 0) is 19.0 Å². The second-order valence-electron chi connectivity index (χ2n) is 7.76. The molecule has 140 valence electrons. The number of hydrogen-bond acceptors (Lipinski definition) is 5. The molecule has 1 fully saturated rings. The Labute approximate surface area is 150 Å². The van der Waals surface area contributed by atoms with Crippen molar-refractivity contribution in [3.05, 3.63) is 29.8 Å². The Balaban J connectivity index is 2.09. The predicted octanol–water partition coefficient (Wildman–Crippen LogP) is 3.49. The van der Waals surface area contributed by atoms with E-state index >= 15 is 0 Å². The normalized spacial score (nSPS) is 21.4. The number of nitrogens with zero attached hydrogens (tertiary/aromatic N) is 1. The van der Waals surface area contributed by atoms with E-state index in [1.165, 1.54) is 12.1 Å². The lowest BCUT2D eigenvalue weighted by Crippen LogP contribution is -2.50. The van der Waals surface area contributed by atoms with Crippen LogP contribution in [0.2, 0.25) is 0 Å². The molecule has 25 heavy (non-hydrogen) atoms. The zero-order chi connectivity index (χ0) is 18.9. The van der Waals surface area contributed by atoms with Crippen molar-refractivity contribution in [2.45, 2.75) is 63.5 Å². The molecule has 7 heteroatoms. The summed E-state index contributed by atoms with van der Waals surface area (Å²) in [6.07, 6.45) is 1.00. The predicted molar refractivity (Wildman–Crippen MR) is 94.9 cm³/mol. The minimum atomic E-state index is -3.87. The van der Waals surface area contributed by atoms with Gasteiger partial charge in [-0.1, -0.05) is 17.7 Å². The van der Waals surface area contributed by atoms with Crippen molar-refractivity contribution >= 4 is 16.2 Å². The van der Waals surface area contributed by atoms with Crippen molar-refractivity contribution in [2.24, 2.45) is 0 Å². The number of amides is 1. The van der Waals surface area contributed by atoms with E-state index in [9.17, 15) is 13.2 Å². The molecule has 0 aromatic heterocycles. The molecule has 1 aromatic carbocycles. The number of carbonyl (C=O) groups is 1. The van der Waals surface area contributed by atoms with Gasteiger partial charge in [-0.25, -0.2) is 4.79 Å². The molecular formula is C18H27NO5S. The third kappa shape index (κ3) is 4.95. The van der Waals surface area contributed by atoms with E-state index in [4.69, 9.17) is 8.92 Å². The highest BCUT2D eigenvalue weighted by molar-refractivity contribution is 7.86. The van der Waals surface area contributed by atoms with Crippen LogP contribution < -0.4 is 0 Å². The van der Waals surface area contributed by atoms with Crippen LogP contribution in [0.1, 0.15) is 46.1 Å². The van der Waals surface area contributed by atoms with E-state index in [0.717, 1.165) is 12.0 Å². The van der Waals surface area contributed by atoms with Crippen LogP contribution in [0.15, 0.2) is 29.2 Å². The fourth-order valence-electron chi connectivity index (χ4n) is 2.78. The Morgan fingerprint density at radius 3 is 2.40 bits per heavy atom. The largest absolute Gasteiger partial charge is 0.444 e. The molecule has 1 aromatic rings. The van der Waals surface area contributed by atoms with Crippen molar-refractivity contribution in [1.82, 2.24) is 4.90 Å². The van der Waals surface area contributed by atoms with Gasteiger partial charge in [0.25, 0.3) is 10.1 Å². The van der Waals surface area contributed by atoms with Crippen LogP contribution in [0.25, 0.3) is 0 Å². The molecule has 0 saturated carbocycles. The summed E-state index contributed by atoms with van der Waals surface area (Å²) >= 11 is 0. The maximum absolute atomic E-state index is 12.4. The van der Waals surface area contributed by atoms with Crippen LogP contribution in [0, 0.1) is 6.92 Å².